The molecule has 1 fully saturated rings. The number of anilines is 2. The number of hydrogen-bond acceptors (Lipinski definition) is 4. The van der Waals surface area contributed by atoms with Crippen molar-refractivity contribution in [2.24, 2.45) is 0 Å². The van der Waals surface area contributed by atoms with Crippen LogP contribution in [0.5, 0.6) is 0 Å². The summed E-state index contributed by atoms with van der Waals surface area (Å²) in [5.41, 5.74) is 3.54. The highest BCUT2D eigenvalue weighted by molar-refractivity contribution is 6.62. The minimum Gasteiger partial charge on any atom is -0.399 e. The molecule has 1 saturated heterocycles. The maximum atomic E-state index is 12.5. The maximum absolute atomic E-state index is 12.5. The van der Waals surface area contributed by atoms with Crippen molar-refractivity contribution in [3.05, 3.63) is 54.1 Å². The van der Waals surface area contributed by atoms with E-state index in [0.29, 0.717) is 6.42 Å². The average molecular weight is 420 g/mol. The third-order valence-electron chi connectivity index (χ3n) is 6.94. The number of hydrogen-bond donors (Lipinski definition) is 1. The largest absolute Gasteiger partial charge is 0.494 e. The van der Waals surface area contributed by atoms with E-state index in [1.165, 1.54) is 0 Å². The van der Waals surface area contributed by atoms with Crippen LogP contribution in [0, 0.1) is 0 Å². The Balaban J connectivity index is 1.53. The van der Waals surface area contributed by atoms with Crippen molar-refractivity contribution in [3.63, 3.8) is 0 Å². The molecule has 164 valence electrons. The summed E-state index contributed by atoms with van der Waals surface area (Å²) in [5.74, 6) is 0.171. The van der Waals surface area contributed by atoms with Crippen LogP contribution in [-0.2, 0) is 14.1 Å². The standard InChI is InChI=1S/C25H33BN2O3/c1-7-23(29)28-17(2)16-21(20-10-8-9-11-22(20)28)27-19-14-12-18(13-15-19)26-30-24(3,4)25(5,6)31-26/h8-15,17,21,27H,7,16H2,1-6H3/t17-,21+/m0/s1. The van der Waals surface area contributed by atoms with Gasteiger partial charge in [-0.2, -0.15) is 0 Å². The second-order valence-electron chi connectivity index (χ2n) is 9.67. The summed E-state index contributed by atoms with van der Waals surface area (Å²) >= 11 is 0. The van der Waals surface area contributed by atoms with Crippen LogP contribution in [0.3, 0.4) is 0 Å². The van der Waals surface area contributed by atoms with Gasteiger partial charge in [-0.05, 0) is 70.3 Å². The van der Waals surface area contributed by atoms with Crippen LogP contribution in [0.1, 0.15) is 66.0 Å². The first-order chi connectivity index (χ1) is 14.6. The van der Waals surface area contributed by atoms with Crippen molar-refractivity contribution < 1.29 is 14.1 Å². The lowest BCUT2D eigenvalue weighted by Gasteiger charge is -2.40. The van der Waals surface area contributed by atoms with Crippen LogP contribution in [0.2, 0.25) is 0 Å². The molecule has 1 N–H and O–H groups in total. The van der Waals surface area contributed by atoms with E-state index in [0.717, 1.165) is 28.8 Å². The first-order valence-electron chi connectivity index (χ1n) is 11.3. The van der Waals surface area contributed by atoms with Crippen molar-refractivity contribution in [3.8, 4) is 0 Å². The zero-order valence-electron chi connectivity index (χ0n) is 19.4. The van der Waals surface area contributed by atoms with E-state index in [1.54, 1.807) is 0 Å². The molecule has 2 atom stereocenters. The van der Waals surface area contributed by atoms with Gasteiger partial charge >= 0.3 is 7.12 Å². The van der Waals surface area contributed by atoms with Crippen LogP contribution in [-0.4, -0.2) is 30.3 Å². The Morgan fingerprint density at radius 1 is 1.06 bits per heavy atom. The van der Waals surface area contributed by atoms with E-state index >= 15 is 0 Å². The van der Waals surface area contributed by atoms with Gasteiger partial charge in [0, 0.05) is 23.8 Å². The zero-order chi connectivity index (χ0) is 22.4. The molecule has 2 aromatic rings. The second kappa shape index (κ2) is 7.99. The van der Waals surface area contributed by atoms with E-state index in [-0.39, 0.29) is 36.3 Å². The van der Waals surface area contributed by atoms with Crippen LogP contribution in [0.25, 0.3) is 0 Å². The quantitative estimate of drug-likeness (QED) is 0.731. The summed E-state index contributed by atoms with van der Waals surface area (Å²) in [6, 6.07) is 16.8. The van der Waals surface area contributed by atoms with Gasteiger partial charge in [-0.15, -0.1) is 0 Å². The Morgan fingerprint density at radius 3 is 2.29 bits per heavy atom. The number of carbonyl (C=O) groups excluding carboxylic acids is 1. The SMILES string of the molecule is CCC(=O)N1c2ccccc2[C@H](Nc2ccc(B3OC(C)(C)C(C)(C)O3)cc2)C[C@@H]1C. The summed E-state index contributed by atoms with van der Waals surface area (Å²) in [5, 5.41) is 3.68. The fourth-order valence-electron chi connectivity index (χ4n) is 4.42. The molecule has 6 heteroatoms. The minimum atomic E-state index is -0.358. The Morgan fingerprint density at radius 2 is 1.68 bits per heavy atom. The Bertz CT molecular complexity index is 941. The van der Waals surface area contributed by atoms with Gasteiger partial charge in [-0.25, -0.2) is 0 Å². The lowest BCUT2D eigenvalue weighted by atomic mass is 9.79. The molecule has 5 nitrogen and oxygen atoms in total. The van der Waals surface area contributed by atoms with Crippen LogP contribution >= 0.6 is 0 Å². The molecule has 0 aromatic heterocycles. The van der Waals surface area contributed by atoms with E-state index in [2.05, 4.69) is 76.3 Å². The molecule has 0 saturated carbocycles. The van der Waals surface area contributed by atoms with Gasteiger partial charge in [0.15, 0.2) is 0 Å². The molecule has 1 amide bonds. The number of amides is 1. The second-order valence-corrected chi connectivity index (χ2v) is 9.67. The predicted molar refractivity (Wildman–Crippen MR) is 127 cm³/mol. The summed E-state index contributed by atoms with van der Waals surface area (Å²) in [6.45, 7) is 12.3. The van der Waals surface area contributed by atoms with Gasteiger partial charge in [-0.1, -0.05) is 37.3 Å². The molecule has 2 heterocycles. The number of nitrogens with zero attached hydrogens (tertiary/aromatic N) is 1. The van der Waals surface area contributed by atoms with Crippen LogP contribution in [0.4, 0.5) is 11.4 Å². The predicted octanol–water partition coefficient (Wildman–Crippen LogP) is 4.67. The van der Waals surface area contributed by atoms with Crippen molar-refractivity contribution in [2.45, 2.75) is 77.7 Å². The monoisotopic (exact) mass is 420 g/mol. The molecule has 0 radical (unpaired) electrons. The molecule has 2 aromatic carbocycles. The first-order valence-corrected chi connectivity index (χ1v) is 11.3. The molecule has 0 aliphatic carbocycles. The van der Waals surface area contributed by atoms with Crippen LogP contribution in [0.15, 0.2) is 48.5 Å². The Kier molecular flexibility index (Phi) is 5.65. The van der Waals surface area contributed by atoms with Crippen molar-refractivity contribution >= 4 is 29.9 Å². The summed E-state index contributed by atoms with van der Waals surface area (Å²) in [7, 11) is -0.358. The topological polar surface area (TPSA) is 50.8 Å². The van der Waals surface area contributed by atoms with E-state index in [1.807, 2.05) is 24.0 Å². The first kappa shape index (κ1) is 21.9. The third kappa shape index (κ3) is 3.99. The van der Waals surface area contributed by atoms with E-state index in [9.17, 15) is 4.79 Å². The number of benzene rings is 2. The van der Waals surface area contributed by atoms with Gasteiger partial charge < -0.3 is 19.5 Å². The molecule has 0 spiro atoms. The van der Waals surface area contributed by atoms with Gasteiger partial charge in [0.05, 0.1) is 17.2 Å². The smallest absolute Gasteiger partial charge is 0.399 e. The highest BCUT2D eigenvalue weighted by atomic mass is 16.7. The van der Waals surface area contributed by atoms with Crippen LogP contribution < -0.4 is 15.7 Å². The van der Waals surface area contributed by atoms with Crippen molar-refractivity contribution in [1.82, 2.24) is 0 Å². The third-order valence-corrected chi connectivity index (χ3v) is 6.94. The Labute approximate surface area is 186 Å². The molecular formula is C25H33BN2O3. The zero-order valence-corrected chi connectivity index (χ0v) is 19.4. The molecule has 0 unspecified atom stereocenters. The summed E-state index contributed by atoms with van der Waals surface area (Å²) in [4.78, 5) is 14.5. The highest BCUT2D eigenvalue weighted by Gasteiger charge is 2.51. The number of nitrogens with one attached hydrogen (secondary N) is 1. The molecule has 31 heavy (non-hydrogen) atoms. The fraction of sp³-hybridized carbons (Fsp3) is 0.480. The van der Waals surface area contributed by atoms with E-state index < -0.39 is 0 Å². The lowest BCUT2D eigenvalue weighted by molar-refractivity contribution is -0.118. The maximum Gasteiger partial charge on any atom is 0.494 e. The minimum absolute atomic E-state index is 0.142. The number of rotatable bonds is 4. The van der Waals surface area contributed by atoms with E-state index in [4.69, 9.17) is 9.31 Å². The van der Waals surface area contributed by atoms with Crippen molar-refractivity contribution in [2.75, 3.05) is 10.2 Å². The van der Waals surface area contributed by atoms with Gasteiger partial charge in [-0.3, -0.25) is 4.79 Å². The summed E-state index contributed by atoms with van der Waals surface area (Å²) < 4.78 is 12.3. The number of fused-ring (bicyclic) bond motifs is 1. The number of carbonyl (C=O) groups is 1. The molecular weight excluding hydrogens is 387 g/mol. The average Bonchev–Trinajstić information content (AvgIpc) is 2.95. The van der Waals surface area contributed by atoms with Gasteiger partial charge in [0.25, 0.3) is 0 Å². The molecule has 2 aliphatic heterocycles. The molecule has 4 rings (SSSR count). The number of para-hydroxylation sites is 1. The lowest BCUT2D eigenvalue weighted by Crippen LogP contribution is -2.44. The Hall–Kier alpha value is -2.31. The summed E-state index contributed by atoms with van der Waals surface area (Å²) in [6.07, 6.45) is 1.37. The van der Waals surface area contributed by atoms with Gasteiger partial charge in [0.1, 0.15) is 0 Å². The normalized spacial score (nSPS) is 24.1. The molecule has 2 aliphatic rings. The van der Waals surface area contributed by atoms with Gasteiger partial charge in [0.2, 0.25) is 5.91 Å². The fourth-order valence-corrected chi connectivity index (χ4v) is 4.42. The van der Waals surface area contributed by atoms with Crippen molar-refractivity contribution in [1.29, 1.82) is 0 Å². The molecule has 0 bridgehead atoms. The highest BCUT2D eigenvalue weighted by Crippen LogP contribution is 2.39.